The molecule has 0 atom stereocenters. The van der Waals surface area contributed by atoms with Crippen LogP contribution in [-0.4, -0.2) is 47.4 Å². The van der Waals surface area contributed by atoms with Crippen molar-refractivity contribution in [3.8, 4) is 5.75 Å². The van der Waals surface area contributed by atoms with Gasteiger partial charge in [0.1, 0.15) is 5.75 Å². The fourth-order valence-corrected chi connectivity index (χ4v) is 4.50. The summed E-state index contributed by atoms with van der Waals surface area (Å²) in [7, 11) is -2.76. The van der Waals surface area contributed by atoms with Crippen molar-refractivity contribution < 1.29 is 28.4 Å². The van der Waals surface area contributed by atoms with Crippen LogP contribution >= 0.6 is 7.82 Å². The molecule has 0 unspecified atom stereocenters. The number of unbranched alkanes of at least 4 members (excludes halogenated alkanes) is 7. The number of nitrogens with one attached hydrogen (secondary N) is 1. The number of phosphoric acid groups is 1. The fourth-order valence-electron chi connectivity index (χ4n) is 4.19. The van der Waals surface area contributed by atoms with Crippen LogP contribution in [0.25, 0.3) is 0 Å². The summed E-state index contributed by atoms with van der Waals surface area (Å²) in [5, 5.41) is 3.06. The molecule has 0 heterocycles. The van der Waals surface area contributed by atoms with E-state index >= 15 is 0 Å². The topological polar surface area (TPSA) is 143 Å². The molecule has 39 heavy (non-hydrogen) atoms. The average Bonchev–Trinajstić information content (AvgIpc) is 2.90. The van der Waals surface area contributed by atoms with Crippen LogP contribution in [0.4, 0.5) is 5.69 Å². The van der Waals surface area contributed by atoms with Gasteiger partial charge in [-0.3, -0.25) is 9.32 Å². The molecule has 0 aromatic heterocycles. The summed E-state index contributed by atoms with van der Waals surface area (Å²) in [6.07, 6.45) is 10.9. The van der Waals surface area contributed by atoms with Crippen molar-refractivity contribution in [2.24, 2.45) is 0 Å². The third-order valence-corrected chi connectivity index (χ3v) is 6.90. The van der Waals surface area contributed by atoms with Crippen molar-refractivity contribution in [1.82, 2.24) is 11.1 Å². The molecular weight excluding hydrogens is 517 g/mol. The molecule has 0 bridgehead atoms. The minimum atomic E-state index is -4.60. The molecule has 10 heteroatoms. The number of phosphoric ester groups is 1. The molecule has 6 N–H and O–H groups in total. The maximum Gasteiger partial charge on any atom is 0.469 e. The van der Waals surface area contributed by atoms with Gasteiger partial charge in [0.05, 0.1) is 13.2 Å². The number of carbonyl (C=O) groups is 1. The van der Waals surface area contributed by atoms with Gasteiger partial charge in [-0.2, -0.15) is 0 Å². The minimum Gasteiger partial charge on any atom is -0.494 e. The molecule has 0 radical (unpaired) electrons. The largest absolute Gasteiger partial charge is 0.494 e. The van der Waals surface area contributed by atoms with Crippen LogP contribution in [0.2, 0.25) is 0 Å². The lowest BCUT2D eigenvalue weighted by Gasteiger charge is -2.23. The zero-order chi connectivity index (χ0) is 27.6. The lowest BCUT2D eigenvalue weighted by atomic mass is 10.1. The first-order valence-corrected chi connectivity index (χ1v) is 15.3. The normalized spacial score (nSPS) is 11.1. The highest BCUT2D eigenvalue weighted by Crippen LogP contribution is 2.35. The number of hydrogen-bond acceptors (Lipinski definition) is 6. The molecule has 2 rings (SSSR count). The Morgan fingerprint density at radius 2 is 1.59 bits per heavy atom. The summed E-state index contributed by atoms with van der Waals surface area (Å²) in [6.45, 7) is 3.09. The molecule has 0 aliphatic heterocycles. The highest BCUT2D eigenvalue weighted by atomic mass is 31.2. The number of carbonyl (C=O) groups excluding carboxylic acids is 1. The molecule has 0 spiro atoms. The van der Waals surface area contributed by atoms with Gasteiger partial charge in [0.15, 0.2) is 0 Å². The van der Waals surface area contributed by atoms with E-state index in [0.717, 1.165) is 29.0 Å². The maximum absolute atomic E-state index is 13.1. The first-order valence-electron chi connectivity index (χ1n) is 13.8. The summed E-state index contributed by atoms with van der Waals surface area (Å²) in [4.78, 5) is 32.7. The highest BCUT2D eigenvalue weighted by molar-refractivity contribution is 7.46. The molecule has 220 valence electrons. The van der Waals surface area contributed by atoms with E-state index in [-0.39, 0.29) is 31.6 Å². The summed E-state index contributed by atoms with van der Waals surface area (Å²) in [5.74, 6) is 0.705. The number of amides is 1. The SMILES string of the molecule is CCCCCCCCCCOc1cccc(CCC(=O)N(CCOP(=O)(O)O)Cc2ccc(NC)cc2)c1.N. The van der Waals surface area contributed by atoms with Gasteiger partial charge in [-0.15, -0.1) is 0 Å². The molecule has 0 saturated carbocycles. The Morgan fingerprint density at radius 1 is 0.923 bits per heavy atom. The lowest BCUT2D eigenvalue weighted by Crippen LogP contribution is -2.33. The van der Waals surface area contributed by atoms with E-state index in [1.807, 2.05) is 55.6 Å². The molecule has 2 aromatic rings. The van der Waals surface area contributed by atoms with Crippen molar-refractivity contribution in [3.63, 3.8) is 0 Å². The summed E-state index contributed by atoms with van der Waals surface area (Å²) < 4.78 is 21.6. The smallest absolute Gasteiger partial charge is 0.469 e. The number of nitrogens with zero attached hydrogens (tertiary/aromatic N) is 1. The zero-order valence-electron chi connectivity index (χ0n) is 23.6. The average molecular weight is 566 g/mol. The van der Waals surface area contributed by atoms with Crippen molar-refractivity contribution in [2.75, 3.05) is 32.1 Å². The zero-order valence-corrected chi connectivity index (χ0v) is 24.5. The van der Waals surface area contributed by atoms with Crippen LogP contribution in [0.3, 0.4) is 0 Å². The Balaban J connectivity index is 0.00000760. The summed E-state index contributed by atoms with van der Waals surface area (Å²) >= 11 is 0. The van der Waals surface area contributed by atoms with Gasteiger partial charge in [-0.25, -0.2) is 4.57 Å². The Labute approximate surface area is 234 Å². The third kappa shape index (κ3) is 15.7. The monoisotopic (exact) mass is 565 g/mol. The third-order valence-electron chi connectivity index (χ3n) is 6.38. The molecule has 0 saturated heterocycles. The predicted octanol–water partition coefficient (Wildman–Crippen LogP) is 6.48. The summed E-state index contributed by atoms with van der Waals surface area (Å²) in [5.41, 5.74) is 2.89. The van der Waals surface area contributed by atoms with Gasteiger partial charge in [0.25, 0.3) is 0 Å². The first-order chi connectivity index (χ1) is 18.3. The Morgan fingerprint density at radius 3 is 2.23 bits per heavy atom. The number of rotatable bonds is 20. The summed E-state index contributed by atoms with van der Waals surface area (Å²) in [6, 6.07) is 15.5. The van der Waals surface area contributed by atoms with E-state index in [2.05, 4.69) is 16.8 Å². The molecular formula is C29H48N3O6P. The Kier molecular flexibility index (Phi) is 17.4. The molecule has 2 aromatic carbocycles. The van der Waals surface area contributed by atoms with Crippen LogP contribution in [0.5, 0.6) is 5.75 Å². The quantitative estimate of drug-likeness (QED) is 0.105. The Hall–Kier alpha value is -2.42. The second kappa shape index (κ2) is 19.6. The van der Waals surface area contributed by atoms with E-state index in [0.29, 0.717) is 19.6 Å². The van der Waals surface area contributed by atoms with Gasteiger partial charge in [0, 0.05) is 32.2 Å². The van der Waals surface area contributed by atoms with Gasteiger partial charge >= 0.3 is 7.82 Å². The fraction of sp³-hybridized carbons (Fsp3) is 0.552. The van der Waals surface area contributed by atoms with Gasteiger partial charge in [0.2, 0.25) is 5.91 Å². The van der Waals surface area contributed by atoms with Crippen LogP contribution in [0, 0.1) is 0 Å². The van der Waals surface area contributed by atoms with Crippen molar-refractivity contribution in [2.45, 2.75) is 77.7 Å². The molecule has 1 amide bonds. The Bertz CT molecular complexity index is 983. The van der Waals surface area contributed by atoms with Gasteiger partial charge < -0.3 is 30.9 Å². The standard InChI is InChI=1S/C29H45N2O6P.H3N/c1-3-4-5-6-7-8-9-10-21-36-28-13-11-12-25(23-28)16-19-29(32)31(20-22-37-38(33,34)35)24-26-14-17-27(30-2)18-15-26;/h11-15,17-18,23,30H,3-10,16,19-22,24H2,1-2H3,(H2,33,34,35);1H3. The molecule has 0 aliphatic rings. The van der Waals surface area contributed by atoms with Crippen LogP contribution < -0.4 is 16.2 Å². The second-order valence-corrected chi connectivity index (χ2v) is 10.8. The molecule has 0 aliphatic carbocycles. The number of benzene rings is 2. The first kappa shape index (κ1) is 34.6. The van der Waals surface area contributed by atoms with Crippen LogP contribution in [-0.2, 0) is 26.8 Å². The van der Waals surface area contributed by atoms with E-state index in [1.54, 1.807) is 4.90 Å². The van der Waals surface area contributed by atoms with E-state index in [4.69, 9.17) is 14.5 Å². The predicted molar refractivity (Wildman–Crippen MR) is 157 cm³/mol. The van der Waals surface area contributed by atoms with Crippen LogP contribution in [0.1, 0.15) is 75.8 Å². The van der Waals surface area contributed by atoms with E-state index < -0.39 is 7.82 Å². The molecule has 9 nitrogen and oxygen atoms in total. The van der Waals surface area contributed by atoms with Gasteiger partial charge in [-0.1, -0.05) is 76.1 Å². The van der Waals surface area contributed by atoms with E-state index in [9.17, 15) is 9.36 Å². The minimum absolute atomic E-state index is 0. The van der Waals surface area contributed by atoms with Gasteiger partial charge in [-0.05, 0) is 48.2 Å². The molecule has 0 fully saturated rings. The number of anilines is 1. The number of aryl methyl sites for hydroxylation is 1. The van der Waals surface area contributed by atoms with Crippen LogP contribution in [0.15, 0.2) is 48.5 Å². The second-order valence-electron chi connectivity index (χ2n) is 9.56. The van der Waals surface area contributed by atoms with Crippen molar-refractivity contribution in [3.05, 3.63) is 59.7 Å². The van der Waals surface area contributed by atoms with Crippen molar-refractivity contribution in [1.29, 1.82) is 0 Å². The lowest BCUT2D eigenvalue weighted by molar-refractivity contribution is -0.132. The van der Waals surface area contributed by atoms with E-state index in [1.165, 1.54) is 44.9 Å². The highest BCUT2D eigenvalue weighted by Gasteiger charge is 2.18. The van der Waals surface area contributed by atoms with Crippen molar-refractivity contribution >= 4 is 19.4 Å². The number of hydrogen-bond donors (Lipinski definition) is 4. The maximum atomic E-state index is 13.1. The number of ether oxygens (including phenoxy) is 1.